The van der Waals surface area contributed by atoms with Crippen LogP contribution in [0, 0.1) is 5.92 Å². The number of methoxy groups -OCH3 is 1. The molecule has 0 bridgehead atoms. The Hall–Kier alpha value is -3.58. The van der Waals surface area contributed by atoms with Crippen molar-refractivity contribution in [1.82, 2.24) is 24.3 Å². The van der Waals surface area contributed by atoms with Crippen LogP contribution in [0.5, 0.6) is 5.75 Å². The minimum atomic E-state index is -3.31. The maximum Gasteiger partial charge on any atom is 0.407 e. The topological polar surface area (TPSA) is 125 Å². The van der Waals surface area contributed by atoms with Crippen LogP contribution >= 0.6 is 11.3 Å². The average molecular weight is 642 g/mol. The second kappa shape index (κ2) is 11.1. The molecule has 1 atom stereocenters. The summed E-state index contributed by atoms with van der Waals surface area (Å²) in [5.74, 6) is 1.65. The Morgan fingerprint density at radius 3 is 2.55 bits per heavy atom. The monoisotopic (exact) mass is 641 g/mol. The zero-order valence-electron chi connectivity index (χ0n) is 26.0. The van der Waals surface area contributed by atoms with E-state index in [9.17, 15) is 18.0 Å². The first-order valence-corrected chi connectivity index (χ1v) is 17.6. The van der Waals surface area contributed by atoms with Crippen molar-refractivity contribution in [3.63, 3.8) is 0 Å². The molecule has 1 aliphatic carbocycles. The third kappa shape index (κ3) is 6.03. The third-order valence-corrected chi connectivity index (χ3v) is 11.1. The Morgan fingerprint density at radius 2 is 1.89 bits per heavy atom. The van der Waals surface area contributed by atoms with E-state index in [2.05, 4.69) is 9.88 Å². The van der Waals surface area contributed by atoms with Crippen LogP contribution in [-0.2, 0) is 28.2 Å². The summed E-state index contributed by atoms with van der Waals surface area (Å²) in [6, 6.07) is 7.10. The minimum absolute atomic E-state index is 0.154. The summed E-state index contributed by atoms with van der Waals surface area (Å²) in [5.41, 5.74) is 2.16. The number of sulfone groups is 1. The number of alkyl carbamates (subject to hydrolysis) is 1. The van der Waals surface area contributed by atoms with Crippen LogP contribution in [0.4, 0.5) is 4.79 Å². The number of fused-ring (bicyclic) bond motifs is 2. The molecule has 2 amide bonds. The molecule has 1 aromatic carbocycles. The van der Waals surface area contributed by atoms with E-state index in [1.54, 1.807) is 30.2 Å². The van der Waals surface area contributed by atoms with Crippen molar-refractivity contribution in [2.45, 2.75) is 68.9 Å². The van der Waals surface area contributed by atoms with Gasteiger partial charge in [-0.25, -0.2) is 18.2 Å². The number of imidazole rings is 1. The van der Waals surface area contributed by atoms with Gasteiger partial charge < -0.3 is 28.8 Å². The number of rotatable bonds is 7. The summed E-state index contributed by atoms with van der Waals surface area (Å²) in [4.78, 5) is 33.8. The van der Waals surface area contributed by atoms with Crippen LogP contribution in [0.2, 0.25) is 0 Å². The molecule has 6 rings (SSSR count). The number of nitrogens with one attached hydrogen (secondary N) is 1. The van der Waals surface area contributed by atoms with Gasteiger partial charge in [0.25, 0.3) is 5.91 Å². The molecule has 1 N–H and O–H groups in total. The summed E-state index contributed by atoms with van der Waals surface area (Å²) in [6.45, 7) is 7.21. The molecule has 0 spiro atoms. The van der Waals surface area contributed by atoms with Gasteiger partial charge in [0.1, 0.15) is 25.9 Å². The van der Waals surface area contributed by atoms with Crippen LogP contribution in [0.1, 0.15) is 56.8 Å². The molecule has 0 radical (unpaired) electrons. The molecule has 2 fully saturated rings. The Morgan fingerprint density at radius 1 is 1.14 bits per heavy atom. The number of hydrogen-bond donors (Lipinski definition) is 1. The molecule has 0 unspecified atom stereocenters. The van der Waals surface area contributed by atoms with E-state index in [0.29, 0.717) is 45.9 Å². The quantitative estimate of drug-likeness (QED) is 0.294. The fourth-order valence-corrected chi connectivity index (χ4v) is 7.96. The molecule has 1 saturated heterocycles. The Balaban J connectivity index is 1.33. The molecule has 2 aliphatic rings. The lowest BCUT2D eigenvalue weighted by Gasteiger charge is -2.33. The van der Waals surface area contributed by atoms with E-state index < -0.39 is 21.5 Å². The summed E-state index contributed by atoms with van der Waals surface area (Å²) < 4.78 is 40.3. The lowest BCUT2D eigenvalue weighted by Crippen LogP contribution is -2.50. The number of piperidine rings is 1. The van der Waals surface area contributed by atoms with Crippen LogP contribution in [0.3, 0.4) is 0 Å². The molecule has 3 aromatic heterocycles. The fourth-order valence-electron chi connectivity index (χ4n) is 5.88. The SMILES string of the molecule is COc1cc(C(=O)N2CCC[C@@H](NC(=O)OC(C)(C)C)C2)cc2nc(-c3cc4cc(S(C)(=O)=O)sc4n3CC3CC3)n(C)c12. The normalized spacial score (nSPS) is 17.8. The number of carbonyl (C=O) groups excluding carboxylic acids is 2. The molecular formula is C31H39N5O6S2. The van der Waals surface area contributed by atoms with E-state index in [4.69, 9.17) is 14.5 Å². The number of thiophene rings is 1. The van der Waals surface area contributed by atoms with Crippen molar-refractivity contribution < 1.29 is 27.5 Å². The van der Waals surface area contributed by atoms with Crippen molar-refractivity contribution in [3.8, 4) is 17.3 Å². The minimum Gasteiger partial charge on any atom is -0.494 e. The predicted molar refractivity (Wildman–Crippen MR) is 170 cm³/mol. The van der Waals surface area contributed by atoms with Crippen molar-refractivity contribution >= 4 is 54.4 Å². The fraction of sp³-hybridized carbons (Fsp3) is 0.516. The standard InChI is InChI=1S/C31H39N5O6S2/c1-31(2,3)42-30(38)32-21-8-7-11-35(17-21)28(37)19-12-22-26(24(14-19)41-5)34(4)27(33-22)23-13-20-15-25(44(6,39)40)43-29(20)36(23)16-18-9-10-18/h12-15,18,21H,7-11,16-17H2,1-6H3,(H,32,38)/t21-/m1/s1. The van der Waals surface area contributed by atoms with Gasteiger partial charge in [0.05, 0.1) is 18.3 Å². The second-order valence-corrected chi connectivity index (χ2v) is 16.2. The van der Waals surface area contributed by atoms with Gasteiger partial charge in [0.15, 0.2) is 15.7 Å². The number of aromatic nitrogens is 3. The molecule has 11 nitrogen and oxygen atoms in total. The third-order valence-electron chi connectivity index (χ3n) is 8.11. The van der Waals surface area contributed by atoms with Crippen LogP contribution in [0.15, 0.2) is 28.5 Å². The van der Waals surface area contributed by atoms with E-state index in [0.717, 1.165) is 53.7 Å². The number of hydrogen-bond acceptors (Lipinski definition) is 8. The lowest BCUT2D eigenvalue weighted by molar-refractivity contribution is 0.0452. The van der Waals surface area contributed by atoms with Crippen LogP contribution in [-0.4, -0.2) is 77.5 Å². The summed E-state index contributed by atoms with van der Waals surface area (Å²) in [7, 11) is 0.193. The maximum absolute atomic E-state index is 13.8. The van der Waals surface area contributed by atoms with E-state index in [1.165, 1.54) is 17.6 Å². The summed E-state index contributed by atoms with van der Waals surface area (Å²) in [6.07, 6.45) is 4.57. The summed E-state index contributed by atoms with van der Waals surface area (Å²) >= 11 is 1.29. The first-order chi connectivity index (χ1) is 20.7. The van der Waals surface area contributed by atoms with E-state index in [-0.39, 0.29) is 11.9 Å². The Labute approximate surface area is 261 Å². The number of carbonyl (C=O) groups is 2. The summed E-state index contributed by atoms with van der Waals surface area (Å²) in [5, 5.41) is 3.78. The van der Waals surface area contributed by atoms with E-state index in [1.807, 2.05) is 38.5 Å². The van der Waals surface area contributed by atoms with Crippen LogP contribution in [0.25, 0.3) is 32.8 Å². The van der Waals surface area contributed by atoms with Gasteiger partial charge in [0.2, 0.25) is 0 Å². The highest BCUT2D eigenvalue weighted by atomic mass is 32.2. The highest BCUT2D eigenvalue weighted by Gasteiger charge is 2.30. The van der Waals surface area contributed by atoms with Crippen molar-refractivity contribution in [3.05, 3.63) is 29.8 Å². The highest BCUT2D eigenvalue weighted by molar-refractivity contribution is 7.92. The number of ether oxygens (including phenoxy) is 2. The van der Waals surface area contributed by atoms with Crippen molar-refractivity contribution in [1.29, 1.82) is 0 Å². The smallest absolute Gasteiger partial charge is 0.407 e. The highest BCUT2D eigenvalue weighted by Crippen LogP contribution is 2.41. The first-order valence-electron chi connectivity index (χ1n) is 14.9. The lowest BCUT2D eigenvalue weighted by atomic mass is 10.0. The number of benzene rings is 1. The predicted octanol–water partition coefficient (Wildman–Crippen LogP) is 5.21. The molecule has 4 aromatic rings. The van der Waals surface area contributed by atoms with E-state index >= 15 is 0 Å². The first kappa shape index (κ1) is 30.4. The number of nitrogens with zero attached hydrogens (tertiary/aromatic N) is 4. The molecule has 44 heavy (non-hydrogen) atoms. The molecule has 1 aliphatic heterocycles. The molecule has 236 valence electrons. The van der Waals surface area contributed by atoms with Gasteiger partial charge in [0, 0.05) is 49.9 Å². The zero-order chi connectivity index (χ0) is 31.6. The van der Waals surface area contributed by atoms with Gasteiger partial charge in [-0.3, -0.25) is 4.79 Å². The Kier molecular flexibility index (Phi) is 7.68. The van der Waals surface area contributed by atoms with Gasteiger partial charge in [-0.15, -0.1) is 11.3 Å². The van der Waals surface area contributed by atoms with Gasteiger partial charge in [-0.05, 0) is 76.6 Å². The van der Waals surface area contributed by atoms with Gasteiger partial charge in [-0.2, -0.15) is 0 Å². The average Bonchev–Trinajstić information content (AvgIpc) is 3.42. The van der Waals surface area contributed by atoms with Crippen molar-refractivity contribution in [2.75, 3.05) is 26.5 Å². The molecule has 1 saturated carbocycles. The molecule has 4 heterocycles. The Bertz CT molecular complexity index is 1880. The maximum atomic E-state index is 13.8. The molecular weight excluding hydrogens is 603 g/mol. The largest absolute Gasteiger partial charge is 0.494 e. The number of aryl methyl sites for hydroxylation is 1. The number of amides is 2. The van der Waals surface area contributed by atoms with Crippen molar-refractivity contribution in [2.24, 2.45) is 13.0 Å². The number of likely N-dealkylation sites (tertiary alicyclic amines) is 1. The van der Waals surface area contributed by atoms with Gasteiger partial charge >= 0.3 is 6.09 Å². The van der Waals surface area contributed by atoms with Crippen LogP contribution < -0.4 is 10.1 Å². The van der Waals surface area contributed by atoms with Gasteiger partial charge in [-0.1, -0.05) is 0 Å². The second-order valence-electron chi connectivity index (χ2n) is 13.0. The zero-order valence-corrected chi connectivity index (χ0v) is 27.6. The molecule has 13 heteroatoms.